The fourth-order valence-electron chi connectivity index (χ4n) is 4.28. The summed E-state index contributed by atoms with van der Waals surface area (Å²) in [7, 11) is 0. The molecule has 1 atom stereocenters. The number of amides is 2. The Hall–Kier alpha value is -3.35. The summed E-state index contributed by atoms with van der Waals surface area (Å²) >= 11 is 0. The number of unbranched alkanes of at least 4 members (excludes halogenated alkanes) is 2. The molecule has 2 aromatic carbocycles. The van der Waals surface area contributed by atoms with Crippen molar-refractivity contribution in [1.29, 1.82) is 0 Å². The molecule has 1 unspecified atom stereocenters. The number of aliphatic carboxylic acids is 1. The number of carbonyl (C=O) groups excluding carboxylic acids is 2. The van der Waals surface area contributed by atoms with Crippen LogP contribution in [0.4, 0.5) is 4.79 Å². The molecule has 0 bridgehead atoms. The topological polar surface area (TPSA) is 105 Å². The van der Waals surface area contributed by atoms with E-state index in [0.29, 0.717) is 19.4 Å². The van der Waals surface area contributed by atoms with Gasteiger partial charge < -0.3 is 20.5 Å². The molecule has 3 rings (SSSR count). The molecule has 1 aliphatic carbocycles. The van der Waals surface area contributed by atoms with Crippen molar-refractivity contribution in [2.75, 3.05) is 19.7 Å². The van der Waals surface area contributed by atoms with Gasteiger partial charge in [0.2, 0.25) is 5.91 Å². The summed E-state index contributed by atoms with van der Waals surface area (Å²) < 4.78 is 5.57. The summed E-state index contributed by atoms with van der Waals surface area (Å²) in [6.45, 7) is 4.61. The zero-order chi connectivity index (χ0) is 24.6. The third-order valence-corrected chi connectivity index (χ3v) is 6.65. The van der Waals surface area contributed by atoms with E-state index in [2.05, 4.69) is 34.9 Å². The lowest BCUT2D eigenvalue weighted by Crippen LogP contribution is -2.46. The summed E-state index contributed by atoms with van der Waals surface area (Å²) in [6, 6.07) is 16.3. The normalized spacial score (nSPS) is 13.9. The van der Waals surface area contributed by atoms with Crippen LogP contribution in [0.1, 0.15) is 63.0 Å². The van der Waals surface area contributed by atoms with Crippen LogP contribution in [0.25, 0.3) is 11.1 Å². The number of hydrogen-bond donors (Lipinski definition) is 3. The molecule has 2 aromatic rings. The van der Waals surface area contributed by atoms with E-state index in [1.54, 1.807) is 0 Å². The first-order chi connectivity index (χ1) is 16.4. The molecule has 0 saturated carbocycles. The van der Waals surface area contributed by atoms with Gasteiger partial charge in [-0.3, -0.25) is 9.59 Å². The maximum atomic E-state index is 12.7. The molecule has 7 heteroatoms. The van der Waals surface area contributed by atoms with E-state index in [0.717, 1.165) is 24.0 Å². The minimum absolute atomic E-state index is 0.0138. The molecule has 2 amide bonds. The van der Waals surface area contributed by atoms with Crippen molar-refractivity contribution in [2.45, 2.75) is 51.9 Å². The van der Waals surface area contributed by atoms with E-state index in [1.165, 1.54) is 11.1 Å². The molecular weight excluding hydrogens is 432 g/mol. The number of carboxylic acid groups (broad SMARTS) is 1. The van der Waals surface area contributed by atoms with E-state index >= 15 is 0 Å². The predicted octanol–water partition coefficient (Wildman–Crippen LogP) is 4.70. The van der Waals surface area contributed by atoms with E-state index in [1.807, 2.05) is 38.1 Å². The summed E-state index contributed by atoms with van der Waals surface area (Å²) in [4.78, 5) is 35.7. The van der Waals surface area contributed by atoms with E-state index in [9.17, 15) is 14.4 Å². The molecule has 0 spiro atoms. The van der Waals surface area contributed by atoms with Crippen LogP contribution in [0.2, 0.25) is 0 Å². The first-order valence-corrected chi connectivity index (χ1v) is 11.9. The number of ether oxygens (including phenoxy) is 1. The first kappa shape index (κ1) is 25.3. The Balaban J connectivity index is 1.47. The molecule has 7 nitrogen and oxygen atoms in total. The lowest BCUT2D eigenvalue weighted by Gasteiger charge is -2.27. The quantitative estimate of drug-likeness (QED) is 0.393. The predicted molar refractivity (Wildman–Crippen MR) is 131 cm³/mol. The fraction of sp³-hybridized carbons (Fsp3) is 0.444. The first-order valence-electron chi connectivity index (χ1n) is 11.9. The Morgan fingerprint density at radius 2 is 1.56 bits per heavy atom. The van der Waals surface area contributed by atoms with Crippen LogP contribution in [-0.2, 0) is 14.3 Å². The third kappa shape index (κ3) is 6.16. The number of nitrogens with one attached hydrogen (secondary N) is 2. The molecule has 0 radical (unpaired) electrons. The van der Waals surface area contributed by atoms with E-state index in [-0.39, 0.29) is 31.4 Å². The van der Waals surface area contributed by atoms with Gasteiger partial charge in [-0.2, -0.15) is 0 Å². The van der Waals surface area contributed by atoms with Gasteiger partial charge in [-0.25, -0.2) is 4.79 Å². The summed E-state index contributed by atoms with van der Waals surface area (Å²) in [5.41, 5.74) is 3.89. The molecule has 0 fully saturated rings. The molecule has 1 aliphatic rings. The smallest absolute Gasteiger partial charge is 0.407 e. The molecular formula is C27H34N2O5. The molecule has 0 saturated heterocycles. The second kappa shape index (κ2) is 11.7. The lowest BCUT2D eigenvalue weighted by molar-refractivity contribution is -0.137. The lowest BCUT2D eigenvalue weighted by atomic mass is 9.86. The number of benzene rings is 2. The van der Waals surface area contributed by atoms with Crippen molar-refractivity contribution in [3.8, 4) is 11.1 Å². The molecule has 0 heterocycles. The maximum Gasteiger partial charge on any atom is 0.407 e. The average Bonchev–Trinajstić information content (AvgIpc) is 3.16. The average molecular weight is 467 g/mol. The standard InChI is InChI=1S/C27H34N2O5/c1-3-27(2,25(32)28-16-10-4-5-15-24(30)31)18-29-26(33)34-17-23-21-13-8-6-11-19(21)20-12-7-9-14-22(20)23/h6-9,11-14,23H,3-5,10,15-18H2,1-2H3,(H,28,32)(H,29,33)(H,30,31). The second-order valence-corrected chi connectivity index (χ2v) is 9.05. The SMILES string of the molecule is CCC(C)(CNC(=O)OCC1c2ccccc2-c2ccccc21)C(=O)NCCCCCC(=O)O. The van der Waals surface area contributed by atoms with Gasteiger partial charge in [-0.15, -0.1) is 0 Å². The molecule has 0 aromatic heterocycles. The van der Waals surface area contributed by atoms with Gasteiger partial charge in [-0.05, 0) is 48.4 Å². The number of alkyl carbamates (subject to hydrolysis) is 1. The van der Waals surface area contributed by atoms with E-state index < -0.39 is 17.5 Å². The minimum atomic E-state index is -0.804. The highest BCUT2D eigenvalue weighted by atomic mass is 16.5. The van der Waals surface area contributed by atoms with Crippen LogP contribution in [0.5, 0.6) is 0 Å². The Labute approximate surface area is 200 Å². The van der Waals surface area contributed by atoms with Gasteiger partial charge in [0.15, 0.2) is 0 Å². The Kier molecular flexibility index (Phi) is 8.68. The number of carboxylic acids is 1. The van der Waals surface area contributed by atoms with Gasteiger partial charge in [0, 0.05) is 25.4 Å². The van der Waals surface area contributed by atoms with Crippen LogP contribution < -0.4 is 10.6 Å². The van der Waals surface area contributed by atoms with Crippen LogP contribution in [-0.4, -0.2) is 42.8 Å². The highest BCUT2D eigenvalue weighted by Crippen LogP contribution is 2.44. The summed E-state index contributed by atoms with van der Waals surface area (Å²) in [5, 5.41) is 14.3. The monoisotopic (exact) mass is 466 g/mol. The largest absolute Gasteiger partial charge is 0.481 e. The fourth-order valence-corrected chi connectivity index (χ4v) is 4.28. The van der Waals surface area contributed by atoms with Gasteiger partial charge in [-0.1, -0.05) is 61.9 Å². The van der Waals surface area contributed by atoms with Crippen molar-refractivity contribution < 1.29 is 24.2 Å². The molecule has 182 valence electrons. The van der Waals surface area contributed by atoms with Crippen molar-refractivity contribution in [3.05, 3.63) is 59.7 Å². The highest BCUT2D eigenvalue weighted by molar-refractivity contribution is 5.83. The Morgan fingerprint density at radius 3 is 2.15 bits per heavy atom. The number of fused-ring (bicyclic) bond motifs is 3. The van der Waals surface area contributed by atoms with Gasteiger partial charge in [0.1, 0.15) is 6.61 Å². The zero-order valence-electron chi connectivity index (χ0n) is 19.9. The van der Waals surface area contributed by atoms with Crippen LogP contribution in [0, 0.1) is 5.41 Å². The van der Waals surface area contributed by atoms with Crippen molar-refractivity contribution in [2.24, 2.45) is 5.41 Å². The third-order valence-electron chi connectivity index (χ3n) is 6.65. The summed E-state index contributed by atoms with van der Waals surface area (Å²) in [6.07, 6.45) is 2.22. The van der Waals surface area contributed by atoms with Gasteiger partial charge >= 0.3 is 12.1 Å². The Morgan fingerprint density at radius 1 is 0.941 bits per heavy atom. The van der Waals surface area contributed by atoms with Crippen LogP contribution in [0.15, 0.2) is 48.5 Å². The van der Waals surface area contributed by atoms with Crippen LogP contribution >= 0.6 is 0 Å². The maximum absolute atomic E-state index is 12.7. The van der Waals surface area contributed by atoms with Crippen molar-refractivity contribution >= 4 is 18.0 Å². The number of carbonyl (C=O) groups is 3. The van der Waals surface area contributed by atoms with Crippen molar-refractivity contribution in [1.82, 2.24) is 10.6 Å². The zero-order valence-corrected chi connectivity index (χ0v) is 19.9. The van der Waals surface area contributed by atoms with Crippen molar-refractivity contribution in [3.63, 3.8) is 0 Å². The summed E-state index contributed by atoms with van der Waals surface area (Å²) in [5.74, 6) is -0.950. The van der Waals surface area contributed by atoms with Gasteiger partial charge in [0.25, 0.3) is 0 Å². The molecule has 34 heavy (non-hydrogen) atoms. The minimum Gasteiger partial charge on any atom is -0.481 e. The molecule has 0 aliphatic heterocycles. The van der Waals surface area contributed by atoms with Gasteiger partial charge in [0.05, 0.1) is 5.41 Å². The van der Waals surface area contributed by atoms with Crippen LogP contribution in [0.3, 0.4) is 0 Å². The number of rotatable bonds is 12. The van der Waals surface area contributed by atoms with E-state index in [4.69, 9.17) is 9.84 Å². The second-order valence-electron chi connectivity index (χ2n) is 9.05. The molecule has 3 N–H and O–H groups in total. The number of hydrogen-bond acceptors (Lipinski definition) is 4. The highest BCUT2D eigenvalue weighted by Gasteiger charge is 2.32. The Bertz CT molecular complexity index is 976.